The molecule has 0 aliphatic carbocycles. The van der Waals surface area contributed by atoms with Crippen molar-refractivity contribution in [3.63, 3.8) is 0 Å². The van der Waals surface area contributed by atoms with E-state index in [9.17, 15) is 5.11 Å². The topological polar surface area (TPSA) is 57.6 Å². The Labute approximate surface area is 146 Å². The van der Waals surface area contributed by atoms with Crippen LogP contribution in [0, 0.1) is 6.92 Å². The average molecular weight is 332 g/mol. The van der Waals surface area contributed by atoms with Gasteiger partial charge < -0.3 is 14.8 Å². The van der Waals surface area contributed by atoms with Gasteiger partial charge in [0.05, 0.1) is 18.5 Å². The molecule has 1 aromatic heterocycles. The van der Waals surface area contributed by atoms with E-state index in [2.05, 4.69) is 35.1 Å². The summed E-state index contributed by atoms with van der Waals surface area (Å²) in [7, 11) is 1.55. The molecule has 1 aliphatic heterocycles. The third-order valence-corrected chi connectivity index (χ3v) is 4.63. The van der Waals surface area contributed by atoms with Crippen molar-refractivity contribution in [2.45, 2.75) is 13.3 Å². The number of H-pyrrole nitrogens is 1. The zero-order chi connectivity index (χ0) is 17.4. The monoisotopic (exact) mass is 332 g/mol. The highest BCUT2D eigenvalue weighted by atomic mass is 16.5. The molecular formula is C21H20N2O2. The van der Waals surface area contributed by atoms with Crippen molar-refractivity contribution < 1.29 is 9.84 Å². The molecule has 2 aromatic carbocycles. The minimum Gasteiger partial charge on any atom is -0.504 e. The van der Waals surface area contributed by atoms with E-state index in [1.807, 2.05) is 24.3 Å². The molecular weight excluding hydrogens is 312 g/mol. The van der Waals surface area contributed by atoms with Crippen molar-refractivity contribution >= 4 is 22.7 Å². The first kappa shape index (κ1) is 15.5. The number of aliphatic imine (C=N–C) groups is 1. The van der Waals surface area contributed by atoms with Crippen LogP contribution in [0.2, 0.25) is 0 Å². The third kappa shape index (κ3) is 2.70. The van der Waals surface area contributed by atoms with Gasteiger partial charge in [-0.1, -0.05) is 24.3 Å². The first-order valence-electron chi connectivity index (χ1n) is 8.37. The molecule has 126 valence electrons. The van der Waals surface area contributed by atoms with Crippen LogP contribution >= 0.6 is 0 Å². The highest BCUT2D eigenvalue weighted by molar-refractivity contribution is 6.14. The van der Waals surface area contributed by atoms with Crippen molar-refractivity contribution in [2.24, 2.45) is 4.99 Å². The Balaban J connectivity index is 1.74. The minimum atomic E-state index is 0.144. The lowest BCUT2D eigenvalue weighted by atomic mass is 10.0. The molecule has 0 saturated carbocycles. The molecule has 0 bridgehead atoms. The quantitative estimate of drug-likeness (QED) is 0.753. The number of aromatic hydroxyl groups is 1. The van der Waals surface area contributed by atoms with Gasteiger partial charge in [-0.15, -0.1) is 0 Å². The fourth-order valence-corrected chi connectivity index (χ4v) is 3.36. The number of benzene rings is 2. The fraction of sp³-hybridized carbons (Fsp3) is 0.190. The number of aromatic amines is 1. The number of nitrogens with zero attached hydrogens (tertiary/aromatic N) is 1. The summed E-state index contributed by atoms with van der Waals surface area (Å²) in [4.78, 5) is 8.17. The van der Waals surface area contributed by atoms with Gasteiger partial charge in [-0.05, 0) is 48.8 Å². The standard InChI is InChI=1S/C21H20N2O2/c1-13-6-8-15-16-10-11-22-17(20(16)23-18(15)12-13)9-7-14-4-3-5-19(25-2)21(14)24/h3-9,12,23-24H,10-11H2,1-2H3/b9-7-. The van der Waals surface area contributed by atoms with Crippen molar-refractivity contribution in [2.75, 3.05) is 13.7 Å². The number of nitrogens with one attached hydrogen (secondary N) is 1. The van der Waals surface area contributed by atoms with E-state index in [4.69, 9.17) is 4.74 Å². The molecule has 0 fully saturated rings. The largest absolute Gasteiger partial charge is 0.504 e. The third-order valence-electron chi connectivity index (χ3n) is 4.63. The normalized spacial score (nSPS) is 13.9. The van der Waals surface area contributed by atoms with Gasteiger partial charge in [0, 0.05) is 23.0 Å². The molecule has 25 heavy (non-hydrogen) atoms. The Morgan fingerprint density at radius 1 is 1.20 bits per heavy atom. The summed E-state index contributed by atoms with van der Waals surface area (Å²) in [6.07, 6.45) is 4.78. The van der Waals surface area contributed by atoms with E-state index in [0.29, 0.717) is 11.3 Å². The van der Waals surface area contributed by atoms with E-state index >= 15 is 0 Å². The van der Waals surface area contributed by atoms with Crippen LogP contribution in [-0.4, -0.2) is 29.5 Å². The summed E-state index contributed by atoms with van der Waals surface area (Å²) in [6, 6.07) is 11.9. The number of methoxy groups -OCH3 is 1. The van der Waals surface area contributed by atoms with Crippen LogP contribution in [0.1, 0.15) is 22.4 Å². The van der Waals surface area contributed by atoms with E-state index < -0.39 is 0 Å². The fourth-order valence-electron chi connectivity index (χ4n) is 3.36. The molecule has 0 amide bonds. The van der Waals surface area contributed by atoms with Crippen LogP contribution in [0.3, 0.4) is 0 Å². The van der Waals surface area contributed by atoms with Gasteiger partial charge in [0.25, 0.3) is 0 Å². The molecule has 0 spiro atoms. The molecule has 1 aliphatic rings. The minimum absolute atomic E-state index is 0.144. The number of ether oxygens (including phenoxy) is 1. The number of aromatic nitrogens is 1. The number of aryl methyl sites for hydroxylation is 1. The van der Waals surface area contributed by atoms with Gasteiger partial charge >= 0.3 is 0 Å². The highest BCUT2D eigenvalue weighted by Crippen LogP contribution is 2.31. The van der Waals surface area contributed by atoms with E-state index in [-0.39, 0.29) is 5.75 Å². The van der Waals surface area contributed by atoms with Crippen LogP contribution < -0.4 is 4.74 Å². The summed E-state index contributed by atoms with van der Waals surface area (Å²) in [5.41, 5.74) is 6.40. The summed E-state index contributed by atoms with van der Waals surface area (Å²) < 4.78 is 5.16. The van der Waals surface area contributed by atoms with Gasteiger partial charge in [-0.3, -0.25) is 4.99 Å². The predicted molar refractivity (Wildman–Crippen MR) is 102 cm³/mol. The number of allylic oxidation sites excluding steroid dienone is 1. The summed E-state index contributed by atoms with van der Waals surface area (Å²) in [5.74, 6) is 0.611. The SMILES string of the molecule is COc1cccc(/C=C\C2=NCCc3c2[nH]c2cc(C)ccc32)c1O. The molecule has 2 heterocycles. The molecule has 0 radical (unpaired) electrons. The summed E-state index contributed by atoms with van der Waals surface area (Å²) >= 11 is 0. The van der Waals surface area contributed by atoms with Crippen LogP contribution in [0.4, 0.5) is 0 Å². The first-order valence-corrected chi connectivity index (χ1v) is 8.37. The molecule has 2 N–H and O–H groups in total. The average Bonchev–Trinajstić information content (AvgIpc) is 2.99. The number of phenols is 1. The second kappa shape index (κ2) is 6.13. The molecule has 3 aromatic rings. The van der Waals surface area contributed by atoms with Crippen molar-refractivity contribution in [3.8, 4) is 11.5 Å². The lowest BCUT2D eigenvalue weighted by Gasteiger charge is -2.11. The number of fused-ring (bicyclic) bond motifs is 3. The zero-order valence-corrected chi connectivity index (χ0v) is 14.3. The van der Waals surface area contributed by atoms with E-state index in [1.165, 1.54) is 16.5 Å². The second-order valence-corrected chi connectivity index (χ2v) is 6.28. The Hall–Kier alpha value is -3.01. The van der Waals surface area contributed by atoms with Gasteiger partial charge in [-0.2, -0.15) is 0 Å². The van der Waals surface area contributed by atoms with Crippen LogP contribution in [0.15, 0.2) is 47.5 Å². The molecule has 0 saturated heterocycles. The number of rotatable bonds is 3. The Morgan fingerprint density at radius 2 is 2.08 bits per heavy atom. The van der Waals surface area contributed by atoms with Crippen LogP contribution in [0.5, 0.6) is 11.5 Å². The summed E-state index contributed by atoms with van der Waals surface area (Å²) in [5, 5.41) is 11.5. The first-order chi connectivity index (χ1) is 12.2. The Kier molecular flexibility index (Phi) is 3.80. The van der Waals surface area contributed by atoms with E-state index in [0.717, 1.165) is 29.9 Å². The maximum atomic E-state index is 10.2. The lowest BCUT2D eigenvalue weighted by Crippen LogP contribution is -2.09. The van der Waals surface area contributed by atoms with Gasteiger partial charge in [0.1, 0.15) is 0 Å². The molecule has 4 heteroatoms. The van der Waals surface area contributed by atoms with Crippen molar-refractivity contribution in [1.29, 1.82) is 0 Å². The number of phenolic OH excluding ortho intramolecular Hbond substituents is 1. The van der Waals surface area contributed by atoms with Crippen molar-refractivity contribution in [1.82, 2.24) is 4.98 Å². The molecule has 0 unspecified atom stereocenters. The van der Waals surface area contributed by atoms with Crippen LogP contribution in [0.25, 0.3) is 17.0 Å². The molecule has 0 atom stereocenters. The van der Waals surface area contributed by atoms with Gasteiger partial charge in [0.2, 0.25) is 0 Å². The zero-order valence-electron chi connectivity index (χ0n) is 14.3. The highest BCUT2D eigenvalue weighted by Gasteiger charge is 2.18. The molecule has 4 rings (SSSR count). The maximum absolute atomic E-state index is 10.2. The number of hydrogen-bond acceptors (Lipinski definition) is 3. The Morgan fingerprint density at radius 3 is 2.92 bits per heavy atom. The van der Waals surface area contributed by atoms with Gasteiger partial charge in [0.15, 0.2) is 11.5 Å². The smallest absolute Gasteiger partial charge is 0.165 e. The summed E-state index contributed by atoms with van der Waals surface area (Å²) in [6.45, 7) is 2.87. The Bertz CT molecular complexity index is 1010. The van der Waals surface area contributed by atoms with Gasteiger partial charge in [-0.25, -0.2) is 0 Å². The van der Waals surface area contributed by atoms with Crippen molar-refractivity contribution in [3.05, 3.63) is 64.9 Å². The second-order valence-electron chi connectivity index (χ2n) is 6.28. The number of para-hydroxylation sites is 1. The number of hydrogen-bond donors (Lipinski definition) is 2. The van der Waals surface area contributed by atoms with E-state index in [1.54, 1.807) is 13.2 Å². The maximum Gasteiger partial charge on any atom is 0.165 e. The van der Waals surface area contributed by atoms with Crippen LogP contribution in [-0.2, 0) is 6.42 Å². The lowest BCUT2D eigenvalue weighted by molar-refractivity contribution is 0.373. The molecule has 4 nitrogen and oxygen atoms in total. The predicted octanol–water partition coefficient (Wildman–Crippen LogP) is 4.25.